The fourth-order valence-corrected chi connectivity index (χ4v) is 2.85. The van der Waals surface area contributed by atoms with Crippen molar-refractivity contribution in [3.05, 3.63) is 66.5 Å². The molecule has 0 bridgehead atoms. The second kappa shape index (κ2) is 7.31. The SMILES string of the molecule is Cc1nccn1CCN(C)C(C(=O)O)c1ccc(-n2cccn2)cc1. The second-order valence-electron chi connectivity index (χ2n) is 5.93. The van der Waals surface area contributed by atoms with E-state index in [1.807, 2.05) is 66.2 Å². The number of carboxylic acid groups (broad SMARTS) is 1. The molecule has 7 nitrogen and oxygen atoms in total. The molecule has 7 heteroatoms. The van der Waals surface area contributed by atoms with Crippen molar-refractivity contribution in [1.82, 2.24) is 24.2 Å². The molecular weight excluding hydrogens is 318 g/mol. The number of aryl methyl sites for hydroxylation is 1. The lowest BCUT2D eigenvalue weighted by atomic mass is 10.1. The van der Waals surface area contributed by atoms with Crippen LogP contribution in [0.3, 0.4) is 0 Å². The zero-order valence-corrected chi connectivity index (χ0v) is 14.3. The van der Waals surface area contributed by atoms with Crippen LogP contribution in [-0.2, 0) is 11.3 Å². The normalized spacial score (nSPS) is 12.4. The summed E-state index contributed by atoms with van der Waals surface area (Å²) < 4.78 is 3.75. The molecule has 0 saturated carbocycles. The van der Waals surface area contributed by atoms with Gasteiger partial charge in [0.2, 0.25) is 0 Å². The van der Waals surface area contributed by atoms with Gasteiger partial charge in [0.25, 0.3) is 0 Å². The number of imidazole rings is 1. The van der Waals surface area contributed by atoms with E-state index in [1.165, 1.54) is 0 Å². The first-order valence-corrected chi connectivity index (χ1v) is 8.07. The van der Waals surface area contributed by atoms with E-state index in [1.54, 1.807) is 17.1 Å². The van der Waals surface area contributed by atoms with Crippen LogP contribution in [0.5, 0.6) is 0 Å². The molecule has 1 N–H and O–H groups in total. The molecule has 1 aromatic carbocycles. The van der Waals surface area contributed by atoms with Crippen LogP contribution in [0.4, 0.5) is 0 Å². The van der Waals surface area contributed by atoms with Crippen LogP contribution in [0.2, 0.25) is 0 Å². The summed E-state index contributed by atoms with van der Waals surface area (Å²) in [5.41, 5.74) is 1.64. The second-order valence-corrected chi connectivity index (χ2v) is 5.93. The minimum Gasteiger partial charge on any atom is -0.480 e. The standard InChI is InChI=1S/C18H21N5O2/c1-14-19-9-11-22(14)13-12-21(2)17(18(24)25)15-4-6-16(7-5-15)23-10-3-8-20-23/h3-11,17H,12-13H2,1-2H3,(H,24,25). The first-order valence-electron chi connectivity index (χ1n) is 8.07. The van der Waals surface area contributed by atoms with Gasteiger partial charge in [0.15, 0.2) is 0 Å². The van der Waals surface area contributed by atoms with Crippen molar-refractivity contribution in [2.75, 3.05) is 13.6 Å². The van der Waals surface area contributed by atoms with Gasteiger partial charge in [-0.05, 0) is 37.7 Å². The van der Waals surface area contributed by atoms with E-state index >= 15 is 0 Å². The molecule has 0 amide bonds. The highest BCUT2D eigenvalue weighted by atomic mass is 16.4. The zero-order chi connectivity index (χ0) is 17.8. The van der Waals surface area contributed by atoms with Crippen LogP contribution >= 0.6 is 0 Å². The van der Waals surface area contributed by atoms with Gasteiger partial charge in [-0.25, -0.2) is 9.67 Å². The quantitative estimate of drug-likeness (QED) is 0.714. The Morgan fingerprint density at radius 1 is 1.24 bits per heavy atom. The molecule has 2 heterocycles. The summed E-state index contributed by atoms with van der Waals surface area (Å²) >= 11 is 0. The summed E-state index contributed by atoms with van der Waals surface area (Å²) in [5.74, 6) is 0.0561. The Bertz CT molecular complexity index is 824. The van der Waals surface area contributed by atoms with Gasteiger partial charge in [-0.15, -0.1) is 0 Å². The first-order chi connectivity index (χ1) is 12.1. The van der Waals surface area contributed by atoms with Gasteiger partial charge in [0, 0.05) is 37.9 Å². The number of rotatable bonds is 7. The molecule has 1 atom stereocenters. The number of hydrogen-bond donors (Lipinski definition) is 1. The van der Waals surface area contributed by atoms with E-state index in [4.69, 9.17) is 0 Å². The topological polar surface area (TPSA) is 76.2 Å². The number of aromatic nitrogens is 4. The fourth-order valence-electron chi connectivity index (χ4n) is 2.85. The van der Waals surface area contributed by atoms with E-state index in [-0.39, 0.29) is 0 Å². The number of benzene rings is 1. The lowest BCUT2D eigenvalue weighted by Gasteiger charge is -2.25. The molecule has 2 aromatic heterocycles. The molecule has 25 heavy (non-hydrogen) atoms. The minimum atomic E-state index is -0.864. The van der Waals surface area contributed by atoms with Crippen LogP contribution < -0.4 is 0 Å². The molecule has 0 radical (unpaired) electrons. The molecule has 0 aliphatic rings. The zero-order valence-electron chi connectivity index (χ0n) is 14.3. The number of hydrogen-bond acceptors (Lipinski definition) is 4. The lowest BCUT2D eigenvalue weighted by molar-refractivity contribution is -0.143. The number of aliphatic carboxylic acids is 1. The van der Waals surface area contributed by atoms with Crippen LogP contribution in [0.25, 0.3) is 5.69 Å². The van der Waals surface area contributed by atoms with E-state index < -0.39 is 12.0 Å². The Morgan fingerprint density at radius 2 is 2.00 bits per heavy atom. The molecule has 0 aliphatic heterocycles. The van der Waals surface area contributed by atoms with Gasteiger partial charge in [0.1, 0.15) is 11.9 Å². The Kier molecular flexibility index (Phi) is 4.95. The van der Waals surface area contributed by atoms with Crippen molar-refractivity contribution in [2.45, 2.75) is 19.5 Å². The van der Waals surface area contributed by atoms with E-state index in [0.29, 0.717) is 13.1 Å². The van der Waals surface area contributed by atoms with Gasteiger partial charge in [-0.2, -0.15) is 5.10 Å². The molecular formula is C18H21N5O2. The maximum Gasteiger partial charge on any atom is 0.325 e. The summed E-state index contributed by atoms with van der Waals surface area (Å²) in [4.78, 5) is 17.8. The third-order valence-electron chi connectivity index (χ3n) is 4.27. The van der Waals surface area contributed by atoms with Crippen molar-refractivity contribution in [3.8, 4) is 5.69 Å². The van der Waals surface area contributed by atoms with Crippen LogP contribution in [0.1, 0.15) is 17.4 Å². The highest BCUT2D eigenvalue weighted by Gasteiger charge is 2.24. The van der Waals surface area contributed by atoms with Crippen molar-refractivity contribution in [3.63, 3.8) is 0 Å². The molecule has 1 unspecified atom stereocenters. The molecule has 0 saturated heterocycles. The smallest absolute Gasteiger partial charge is 0.325 e. The number of carbonyl (C=O) groups is 1. The van der Waals surface area contributed by atoms with Crippen LogP contribution in [0.15, 0.2) is 55.1 Å². The highest BCUT2D eigenvalue weighted by Crippen LogP contribution is 2.21. The lowest BCUT2D eigenvalue weighted by Crippen LogP contribution is -2.33. The predicted molar refractivity (Wildman–Crippen MR) is 93.5 cm³/mol. The van der Waals surface area contributed by atoms with E-state index in [0.717, 1.165) is 17.1 Å². The molecule has 0 spiro atoms. The summed E-state index contributed by atoms with van der Waals surface area (Å²) in [5, 5.41) is 13.9. The Hall–Kier alpha value is -2.93. The van der Waals surface area contributed by atoms with E-state index in [2.05, 4.69) is 10.1 Å². The van der Waals surface area contributed by atoms with Gasteiger partial charge in [-0.1, -0.05) is 12.1 Å². The fraction of sp³-hybridized carbons (Fsp3) is 0.278. The first kappa shape index (κ1) is 16.9. The summed E-state index contributed by atoms with van der Waals surface area (Å²) in [6.07, 6.45) is 7.21. The van der Waals surface area contributed by atoms with Gasteiger partial charge in [0.05, 0.1) is 5.69 Å². The molecule has 3 aromatic rings. The maximum atomic E-state index is 11.8. The van der Waals surface area contributed by atoms with Crippen molar-refractivity contribution >= 4 is 5.97 Å². The van der Waals surface area contributed by atoms with Gasteiger partial charge >= 0.3 is 5.97 Å². The average Bonchev–Trinajstić information content (AvgIpc) is 3.25. The van der Waals surface area contributed by atoms with Crippen molar-refractivity contribution in [2.24, 2.45) is 0 Å². The summed E-state index contributed by atoms with van der Waals surface area (Å²) in [7, 11) is 1.83. The average molecular weight is 339 g/mol. The summed E-state index contributed by atoms with van der Waals surface area (Å²) in [6, 6.07) is 8.59. The van der Waals surface area contributed by atoms with Crippen molar-refractivity contribution in [1.29, 1.82) is 0 Å². The van der Waals surface area contributed by atoms with E-state index in [9.17, 15) is 9.90 Å². The Morgan fingerprint density at radius 3 is 2.56 bits per heavy atom. The highest BCUT2D eigenvalue weighted by molar-refractivity contribution is 5.75. The van der Waals surface area contributed by atoms with Gasteiger partial charge in [-0.3, -0.25) is 9.69 Å². The van der Waals surface area contributed by atoms with Gasteiger partial charge < -0.3 is 9.67 Å². The monoisotopic (exact) mass is 339 g/mol. The molecule has 3 rings (SSSR count). The maximum absolute atomic E-state index is 11.8. The number of likely N-dealkylation sites (N-methyl/N-ethyl adjacent to an activating group) is 1. The van der Waals surface area contributed by atoms with Crippen LogP contribution in [-0.4, -0.2) is 48.9 Å². The molecule has 130 valence electrons. The predicted octanol–water partition coefficient (Wildman–Crippen LogP) is 2.13. The van der Waals surface area contributed by atoms with Crippen molar-refractivity contribution < 1.29 is 9.90 Å². The Balaban J connectivity index is 1.73. The Labute approximate surface area is 146 Å². The number of nitrogens with zero attached hydrogens (tertiary/aromatic N) is 5. The molecule has 0 fully saturated rings. The largest absolute Gasteiger partial charge is 0.480 e. The number of carboxylic acids is 1. The van der Waals surface area contributed by atoms with Crippen LogP contribution in [0, 0.1) is 6.92 Å². The summed E-state index contributed by atoms with van der Waals surface area (Å²) in [6.45, 7) is 3.23. The minimum absolute atomic E-state index is 0.606. The third kappa shape index (κ3) is 3.77. The molecule has 0 aliphatic carbocycles. The third-order valence-corrected chi connectivity index (χ3v) is 4.27.